The van der Waals surface area contributed by atoms with Crippen molar-refractivity contribution >= 4 is 40.1 Å². The fraction of sp³-hybridized carbons (Fsp3) is 0.0667. The first-order valence-electron chi connectivity index (χ1n) is 5.65. The summed E-state index contributed by atoms with van der Waals surface area (Å²) in [4.78, 5) is 7.99. The molecule has 90 valence electrons. The summed E-state index contributed by atoms with van der Waals surface area (Å²) in [7, 11) is 0. The van der Waals surface area contributed by atoms with Crippen LogP contribution >= 0.6 is 34.0 Å². The second kappa shape index (κ2) is 4.84. The Morgan fingerprint density at radius 1 is 0.778 bits per heavy atom. The van der Waals surface area contributed by atoms with Crippen molar-refractivity contribution in [1.29, 1.82) is 0 Å². The molecule has 0 spiro atoms. The van der Waals surface area contributed by atoms with Crippen molar-refractivity contribution in [1.82, 2.24) is 0 Å². The molecular formula is C15H12S3. The minimum absolute atomic E-state index is 1.23. The normalized spacial score (nSPS) is 10.7. The van der Waals surface area contributed by atoms with Crippen LogP contribution in [0.1, 0.15) is 9.75 Å². The van der Waals surface area contributed by atoms with Gasteiger partial charge in [0, 0.05) is 29.3 Å². The standard InChI is InChI=1S/C15H12S3/c1-3-11-5-7-13(17-11)15-9-8-14(18-15)12-6-4-10(2)16-12/h3-9H,1H2,2H3. The molecule has 0 aliphatic heterocycles. The van der Waals surface area contributed by atoms with Crippen molar-refractivity contribution < 1.29 is 0 Å². The van der Waals surface area contributed by atoms with E-state index in [-0.39, 0.29) is 0 Å². The van der Waals surface area contributed by atoms with Gasteiger partial charge in [0.1, 0.15) is 0 Å². The van der Waals surface area contributed by atoms with Crippen LogP contribution in [0.5, 0.6) is 0 Å². The Balaban J connectivity index is 1.96. The maximum Gasteiger partial charge on any atom is 0.0449 e. The monoisotopic (exact) mass is 288 g/mol. The molecule has 0 aliphatic rings. The molecule has 0 amide bonds. The fourth-order valence-corrected chi connectivity index (χ4v) is 4.68. The molecule has 0 atom stereocenters. The van der Waals surface area contributed by atoms with Crippen molar-refractivity contribution in [3.05, 3.63) is 52.7 Å². The van der Waals surface area contributed by atoms with Crippen molar-refractivity contribution in [2.75, 3.05) is 0 Å². The number of thiophene rings is 3. The summed E-state index contributed by atoms with van der Waals surface area (Å²) < 4.78 is 0. The maximum absolute atomic E-state index is 3.81. The van der Waals surface area contributed by atoms with Crippen molar-refractivity contribution in [2.24, 2.45) is 0 Å². The highest BCUT2D eigenvalue weighted by Gasteiger charge is 2.08. The van der Waals surface area contributed by atoms with E-state index in [1.807, 2.05) is 28.7 Å². The maximum atomic E-state index is 3.81. The highest BCUT2D eigenvalue weighted by atomic mass is 32.1. The van der Waals surface area contributed by atoms with E-state index in [2.05, 4.69) is 49.9 Å². The van der Waals surface area contributed by atoms with Crippen LogP contribution in [-0.2, 0) is 0 Å². The number of hydrogen-bond acceptors (Lipinski definition) is 3. The summed E-state index contributed by atoms with van der Waals surface area (Å²) in [6.45, 7) is 5.96. The van der Waals surface area contributed by atoms with E-state index in [9.17, 15) is 0 Å². The Hall–Kier alpha value is -1.16. The predicted molar refractivity (Wildman–Crippen MR) is 85.8 cm³/mol. The third-order valence-electron chi connectivity index (χ3n) is 2.66. The average molecular weight is 288 g/mol. The molecule has 3 rings (SSSR count). The van der Waals surface area contributed by atoms with E-state index in [0.29, 0.717) is 0 Å². The molecule has 0 nitrogen and oxygen atoms in total. The van der Waals surface area contributed by atoms with Gasteiger partial charge in [-0.25, -0.2) is 0 Å². The lowest BCUT2D eigenvalue weighted by Gasteiger charge is -1.90. The molecule has 0 radical (unpaired) electrons. The Morgan fingerprint density at radius 3 is 1.89 bits per heavy atom. The first-order valence-corrected chi connectivity index (χ1v) is 8.10. The zero-order valence-corrected chi connectivity index (χ0v) is 12.4. The molecule has 18 heavy (non-hydrogen) atoms. The van der Waals surface area contributed by atoms with Gasteiger partial charge in [-0.1, -0.05) is 12.7 Å². The zero-order chi connectivity index (χ0) is 12.5. The Kier molecular flexibility index (Phi) is 3.20. The lowest BCUT2D eigenvalue weighted by atomic mass is 10.3. The number of rotatable bonds is 3. The summed E-state index contributed by atoms with van der Waals surface area (Å²) in [5.41, 5.74) is 0. The van der Waals surface area contributed by atoms with Gasteiger partial charge in [0.05, 0.1) is 0 Å². The van der Waals surface area contributed by atoms with Crippen LogP contribution in [0.15, 0.2) is 43.0 Å². The third kappa shape index (κ3) is 2.21. The van der Waals surface area contributed by atoms with E-state index in [4.69, 9.17) is 0 Å². The van der Waals surface area contributed by atoms with Gasteiger partial charge in [-0.15, -0.1) is 34.0 Å². The van der Waals surface area contributed by atoms with Crippen LogP contribution in [0.2, 0.25) is 0 Å². The zero-order valence-electron chi connectivity index (χ0n) is 9.97. The minimum Gasteiger partial charge on any atom is -0.140 e. The smallest absolute Gasteiger partial charge is 0.0449 e. The first-order chi connectivity index (χ1) is 8.76. The Labute approximate surface area is 119 Å². The largest absolute Gasteiger partial charge is 0.140 e. The van der Waals surface area contributed by atoms with E-state index < -0.39 is 0 Å². The molecule has 3 heterocycles. The van der Waals surface area contributed by atoms with Crippen LogP contribution in [0.3, 0.4) is 0 Å². The molecule has 0 unspecified atom stereocenters. The number of hydrogen-bond donors (Lipinski definition) is 0. The van der Waals surface area contributed by atoms with Crippen LogP contribution in [0, 0.1) is 6.92 Å². The molecule has 0 aliphatic carbocycles. The first kappa shape index (κ1) is 11.9. The van der Waals surface area contributed by atoms with Crippen molar-refractivity contribution in [3.63, 3.8) is 0 Å². The lowest BCUT2D eigenvalue weighted by Crippen LogP contribution is -1.57. The SMILES string of the molecule is C=Cc1ccc(-c2ccc(-c3ccc(C)s3)s2)s1. The molecule has 0 N–H and O–H groups in total. The third-order valence-corrected chi connectivity index (χ3v) is 6.22. The van der Waals surface area contributed by atoms with Crippen LogP contribution in [0.25, 0.3) is 25.6 Å². The molecule has 0 aromatic carbocycles. The Bertz CT molecular complexity index is 682. The molecular weight excluding hydrogens is 276 g/mol. The molecule has 0 bridgehead atoms. The highest BCUT2D eigenvalue weighted by Crippen LogP contribution is 2.39. The van der Waals surface area contributed by atoms with Crippen LogP contribution < -0.4 is 0 Å². The Morgan fingerprint density at radius 2 is 1.33 bits per heavy atom. The van der Waals surface area contributed by atoms with Crippen LogP contribution in [0.4, 0.5) is 0 Å². The number of aryl methyl sites for hydroxylation is 1. The predicted octanol–water partition coefficient (Wildman–Crippen LogP) is 6.16. The van der Waals surface area contributed by atoms with Gasteiger partial charge in [0.2, 0.25) is 0 Å². The molecule has 0 fully saturated rings. The molecule has 3 aromatic rings. The van der Waals surface area contributed by atoms with Gasteiger partial charge in [-0.05, 0) is 43.3 Å². The van der Waals surface area contributed by atoms with Gasteiger partial charge < -0.3 is 0 Å². The lowest BCUT2D eigenvalue weighted by molar-refractivity contribution is 1.64. The molecule has 3 aromatic heterocycles. The topological polar surface area (TPSA) is 0 Å². The second-order valence-electron chi connectivity index (χ2n) is 3.98. The van der Waals surface area contributed by atoms with Gasteiger partial charge in [-0.3, -0.25) is 0 Å². The summed E-state index contributed by atoms with van der Waals surface area (Å²) >= 11 is 5.51. The second-order valence-corrected chi connectivity index (χ2v) is 7.47. The average Bonchev–Trinajstić information content (AvgIpc) is 3.07. The fourth-order valence-electron chi connectivity index (χ4n) is 1.76. The van der Waals surface area contributed by atoms with E-state index in [1.165, 1.54) is 29.3 Å². The van der Waals surface area contributed by atoms with Gasteiger partial charge >= 0.3 is 0 Å². The van der Waals surface area contributed by atoms with Crippen LogP contribution in [-0.4, -0.2) is 0 Å². The highest BCUT2D eigenvalue weighted by molar-refractivity contribution is 7.26. The van der Waals surface area contributed by atoms with E-state index in [1.54, 1.807) is 11.3 Å². The summed E-state index contributed by atoms with van der Waals surface area (Å²) in [5.74, 6) is 0. The summed E-state index contributed by atoms with van der Waals surface area (Å²) in [5, 5.41) is 0. The van der Waals surface area contributed by atoms with Gasteiger partial charge in [0.15, 0.2) is 0 Å². The van der Waals surface area contributed by atoms with Gasteiger partial charge in [-0.2, -0.15) is 0 Å². The minimum atomic E-state index is 1.23. The molecule has 0 saturated heterocycles. The van der Waals surface area contributed by atoms with Crippen molar-refractivity contribution in [3.8, 4) is 19.5 Å². The van der Waals surface area contributed by atoms with Gasteiger partial charge in [0.25, 0.3) is 0 Å². The summed E-state index contributed by atoms with van der Waals surface area (Å²) in [6, 6.07) is 13.1. The molecule has 0 saturated carbocycles. The van der Waals surface area contributed by atoms with E-state index >= 15 is 0 Å². The van der Waals surface area contributed by atoms with E-state index in [0.717, 1.165) is 0 Å². The summed E-state index contributed by atoms with van der Waals surface area (Å²) in [6.07, 6.45) is 1.91. The quantitative estimate of drug-likeness (QED) is 0.541. The molecule has 3 heteroatoms. The van der Waals surface area contributed by atoms with Crippen molar-refractivity contribution in [2.45, 2.75) is 6.92 Å².